The van der Waals surface area contributed by atoms with E-state index in [4.69, 9.17) is 0 Å². The van der Waals surface area contributed by atoms with Gasteiger partial charge in [0, 0.05) is 31.7 Å². The lowest BCUT2D eigenvalue weighted by Crippen LogP contribution is -2.60. The number of hydrogen-bond acceptors (Lipinski definition) is 4. The Morgan fingerprint density at radius 1 is 1.09 bits per heavy atom. The standard InChI is InChI=1S/C18H25N5/c1-2-8-18(9-3-1)13-22(11-10-20-18)12-16-4-6-17(7-5-16)23-15-19-14-21-23/h4-7,14-15,20H,1-3,8-13H2. The number of benzene rings is 1. The number of aromatic nitrogens is 3. The summed E-state index contributed by atoms with van der Waals surface area (Å²) in [5.41, 5.74) is 2.83. The van der Waals surface area contributed by atoms with Gasteiger partial charge >= 0.3 is 0 Å². The van der Waals surface area contributed by atoms with Gasteiger partial charge in [-0.1, -0.05) is 31.4 Å². The van der Waals surface area contributed by atoms with Crippen molar-refractivity contribution >= 4 is 0 Å². The molecule has 2 aromatic rings. The Kier molecular flexibility index (Phi) is 4.14. The summed E-state index contributed by atoms with van der Waals surface area (Å²) in [6, 6.07) is 8.68. The van der Waals surface area contributed by atoms with Gasteiger partial charge in [0.25, 0.3) is 0 Å². The van der Waals surface area contributed by atoms with Crippen molar-refractivity contribution in [2.75, 3.05) is 19.6 Å². The van der Waals surface area contributed by atoms with Crippen LogP contribution in [-0.2, 0) is 6.54 Å². The highest BCUT2D eigenvalue weighted by Gasteiger charge is 2.35. The molecule has 5 nitrogen and oxygen atoms in total. The summed E-state index contributed by atoms with van der Waals surface area (Å²) in [6.45, 7) is 4.50. The number of nitrogens with zero attached hydrogens (tertiary/aromatic N) is 4. The fraction of sp³-hybridized carbons (Fsp3) is 0.556. The smallest absolute Gasteiger partial charge is 0.138 e. The Balaban J connectivity index is 1.41. The summed E-state index contributed by atoms with van der Waals surface area (Å²) in [5, 5.41) is 7.99. The second-order valence-corrected chi connectivity index (χ2v) is 6.98. The second kappa shape index (κ2) is 6.42. The normalized spacial score (nSPS) is 21.6. The summed E-state index contributed by atoms with van der Waals surface area (Å²) >= 11 is 0. The van der Waals surface area contributed by atoms with Crippen LogP contribution in [0.3, 0.4) is 0 Å². The fourth-order valence-corrected chi connectivity index (χ4v) is 4.09. The first-order valence-corrected chi connectivity index (χ1v) is 8.74. The molecule has 5 heteroatoms. The van der Waals surface area contributed by atoms with E-state index in [1.807, 2.05) is 0 Å². The highest BCUT2D eigenvalue weighted by atomic mass is 15.3. The zero-order chi connectivity index (χ0) is 15.5. The number of rotatable bonds is 3. The van der Waals surface area contributed by atoms with Crippen molar-refractivity contribution in [2.45, 2.75) is 44.2 Å². The first-order valence-electron chi connectivity index (χ1n) is 8.74. The highest BCUT2D eigenvalue weighted by molar-refractivity contribution is 5.33. The average molecular weight is 311 g/mol. The molecule has 0 atom stereocenters. The minimum Gasteiger partial charge on any atom is -0.309 e. The van der Waals surface area contributed by atoms with E-state index < -0.39 is 0 Å². The van der Waals surface area contributed by atoms with Crippen LogP contribution in [0.2, 0.25) is 0 Å². The topological polar surface area (TPSA) is 46.0 Å². The van der Waals surface area contributed by atoms with Gasteiger partial charge < -0.3 is 5.32 Å². The van der Waals surface area contributed by atoms with Crippen molar-refractivity contribution in [2.24, 2.45) is 0 Å². The summed E-state index contributed by atoms with van der Waals surface area (Å²) < 4.78 is 1.80. The molecule has 122 valence electrons. The third-order valence-corrected chi connectivity index (χ3v) is 5.29. The SMILES string of the molecule is c1ncn(-c2ccc(CN3CCNC4(CCCCC4)C3)cc2)n1. The highest BCUT2D eigenvalue weighted by Crippen LogP contribution is 2.31. The molecule has 1 saturated heterocycles. The molecule has 1 aromatic heterocycles. The molecular formula is C18H25N5. The molecule has 1 N–H and O–H groups in total. The maximum atomic E-state index is 4.18. The molecule has 2 fully saturated rings. The molecule has 0 unspecified atom stereocenters. The molecule has 4 rings (SSSR count). The first-order chi connectivity index (χ1) is 11.3. The fourth-order valence-electron chi connectivity index (χ4n) is 4.09. The monoisotopic (exact) mass is 311 g/mol. The number of piperazine rings is 1. The van der Waals surface area contributed by atoms with Gasteiger partial charge in [-0.3, -0.25) is 4.90 Å². The van der Waals surface area contributed by atoms with Crippen LogP contribution in [0.1, 0.15) is 37.7 Å². The summed E-state index contributed by atoms with van der Waals surface area (Å²) in [4.78, 5) is 6.62. The lowest BCUT2D eigenvalue weighted by Gasteiger charge is -2.46. The summed E-state index contributed by atoms with van der Waals surface area (Å²) in [7, 11) is 0. The van der Waals surface area contributed by atoms with Gasteiger partial charge in [-0.2, -0.15) is 5.10 Å². The van der Waals surface area contributed by atoms with Crippen LogP contribution < -0.4 is 5.32 Å². The average Bonchev–Trinajstić information content (AvgIpc) is 3.11. The molecule has 23 heavy (non-hydrogen) atoms. The molecule has 1 saturated carbocycles. The van der Waals surface area contributed by atoms with Crippen LogP contribution in [0.4, 0.5) is 0 Å². The molecule has 0 bridgehead atoms. The van der Waals surface area contributed by atoms with Gasteiger partial charge in [-0.15, -0.1) is 0 Å². The van der Waals surface area contributed by atoms with Crippen LogP contribution in [0.25, 0.3) is 5.69 Å². The first kappa shape index (κ1) is 14.8. The lowest BCUT2D eigenvalue weighted by atomic mass is 9.80. The van der Waals surface area contributed by atoms with E-state index in [1.54, 1.807) is 17.3 Å². The second-order valence-electron chi connectivity index (χ2n) is 6.98. The van der Waals surface area contributed by atoms with Crippen molar-refractivity contribution in [1.29, 1.82) is 0 Å². The van der Waals surface area contributed by atoms with Crippen molar-refractivity contribution in [3.63, 3.8) is 0 Å². The van der Waals surface area contributed by atoms with Gasteiger partial charge in [0.2, 0.25) is 0 Å². The molecular weight excluding hydrogens is 286 g/mol. The largest absolute Gasteiger partial charge is 0.309 e. The Hall–Kier alpha value is -1.72. The van der Waals surface area contributed by atoms with Crippen LogP contribution >= 0.6 is 0 Å². The molecule has 1 aromatic carbocycles. The van der Waals surface area contributed by atoms with E-state index >= 15 is 0 Å². The maximum absolute atomic E-state index is 4.18. The molecule has 0 radical (unpaired) electrons. The van der Waals surface area contributed by atoms with E-state index in [2.05, 4.69) is 44.6 Å². The quantitative estimate of drug-likeness (QED) is 0.945. The van der Waals surface area contributed by atoms with Crippen LogP contribution in [0.15, 0.2) is 36.9 Å². The zero-order valence-corrected chi connectivity index (χ0v) is 13.6. The molecule has 1 aliphatic carbocycles. The predicted molar refractivity (Wildman–Crippen MR) is 90.5 cm³/mol. The van der Waals surface area contributed by atoms with Gasteiger partial charge in [-0.05, 0) is 30.5 Å². The Morgan fingerprint density at radius 3 is 2.65 bits per heavy atom. The predicted octanol–water partition coefficient (Wildman–Crippen LogP) is 2.38. The van der Waals surface area contributed by atoms with Gasteiger partial charge in [-0.25, -0.2) is 9.67 Å². The molecule has 1 aliphatic heterocycles. The zero-order valence-electron chi connectivity index (χ0n) is 13.6. The maximum Gasteiger partial charge on any atom is 0.138 e. The van der Waals surface area contributed by atoms with Gasteiger partial charge in [0.05, 0.1) is 5.69 Å². The Bertz CT molecular complexity index is 608. The van der Waals surface area contributed by atoms with Crippen molar-refractivity contribution in [3.8, 4) is 5.69 Å². The summed E-state index contributed by atoms with van der Waals surface area (Å²) in [5.74, 6) is 0. The third-order valence-electron chi connectivity index (χ3n) is 5.29. The van der Waals surface area contributed by atoms with Crippen molar-refractivity contribution in [3.05, 3.63) is 42.5 Å². The van der Waals surface area contributed by atoms with Crippen molar-refractivity contribution < 1.29 is 0 Å². The van der Waals surface area contributed by atoms with E-state index in [-0.39, 0.29) is 0 Å². The Labute approximate surface area is 137 Å². The molecule has 1 spiro atoms. The minimum atomic E-state index is 0.386. The van der Waals surface area contributed by atoms with Crippen LogP contribution in [0.5, 0.6) is 0 Å². The van der Waals surface area contributed by atoms with Gasteiger partial charge in [0.1, 0.15) is 12.7 Å². The van der Waals surface area contributed by atoms with Crippen LogP contribution in [-0.4, -0.2) is 44.8 Å². The van der Waals surface area contributed by atoms with Crippen LogP contribution in [0, 0.1) is 0 Å². The van der Waals surface area contributed by atoms with E-state index in [0.29, 0.717) is 5.54 Å². The Morgan fingerprint density at radius 2 is 1.91 bits per heavy atom. The number of nitrogens with one attached hydrogen (secondary N) is 1. The van der Waals surface area contributed by atoms with E-state index in [9.17, 15) is 0 Å². The molecule has 2 heterocycles. The van der Waals surface area contributed by atoms with Crippen molar-refractivity contribution in [1.82, 2.24) is 25.0 Å². The van der Waals surface area contributed by atoms with Gasteiger partial charge in [0.15, 0.2) is 0 Å². The van der Waals surface area contributed by atoms with E-state index in [1.165, 1.54) is 44.2 Å². The van der Waals surface area contributed by atoms with E-state index in [0.717, 1.165) is 25.3 Å². The minimum absolute atomic E-state index is 0.386. The number of hydrogen-bond donors (Lipinski definition) is 1. The third kappa shape index (κ3) is 3.31. The molecule has 0 amide bonds. The molecule has 2 aliphatic rings. The summed E-state index contributed by atoms with van der Waals surface area (Å²) in [6.07, 6.45) is 10.2. The lowest BCUT2D eigenvalue weighted by molar-refractivity contribution is 0.0945.